The molecule has 0 aromatic heterocycles. The maximum atomic E-state index is 11.1. The van der Waals surface area contributed by atoms with Crippen molar-refractivity contribution < 1.29 is 9.53 Å². The summed E-state index contributed by atoms with van der Waals surface area (Å²) < 4.78 is 4.98. The van der Waals surface area contributed by atoms with E-state index in [1.54, 1.807) is 0 Å². The molecule has 0 radical (unpaired) electrons. The third kappa shape index (κ3) is 1.51. The quantitative estimate of drug-likeness (QED) is 0.524. The highest BCUT2D eigenvalue weighted by Crippen LogP contribution is 2.17. The van der Waals surface area contributed by atoms with E-state index in [9.17, 15) is 4.79 Å². The van der Waals surface area contributed by atoms with Crippen LogP contribution in [-0.2, 0) is 9.53 Å². The lowest BCUT2D eigenvalue weighted by molar-refractivity contribution is -0.134. The van der Waals surface area contributed by atoms with E-state index in [4.69, 9.17) is 10.5 Å². The van der Waals surface area contributed by atoms with E-state index >= 15 is 0 Å². The zero-order chi connectivity index (χ0) is 7.56. The van der Waals surface area contributed by atoms with Crippen LogP contribution in [0.4, 0.5) is 0 Å². The molecule has 3 nitrogen and oxygen atoms in total. The van der Waals surface area contributed by atoms with Gasteiger partial charge in [-0.25, -0.2) is 0 Å². The first-order valence-electron chi connectivity index (χ1n) is 3.29. The molecule has 58 valence electrons. The van der Waals surface area contributed by atoms with Crippen LogP contribution in [0.1, 0.15) is 6.42 Å². The summed E-state index contributed by atoms with van der Waals surface area (Å²) in [5, 5.41) is 0. The minimum absolute atomic E-state index is 0.0251. The van der Waals surface area contributed by atoms with E-state index in [0.29, 0.717) is 13.2 Å². The van der Waals surface area contributed by atoms with Crippen molar-refractivity contribution in [2.24, 2.45) is 11.7 Å². The van der Waals surface area contributed by atoms with Crippen molar-refractivity contribution in [3.8, 4) is 0 Å². The average molecular weight is 161 g/mol. The normalized spacial score (nSPS) is 34.4. The molecule has 0 aromatic rings. The van der Waals surface area contributed by atoms with Crippen molar-refractivity contribution in [3.63, 3.8) is 0 Å². The highest BCUT2D eigenvalue weighted by molar-refractivity contribution is 7.81. The second-order valence-electron chi connectivity index (χ2n) is 2.35. The number of carbonyl (C=O) groups is 1. The molecule has 2 N–H and O–H groups in total. The molecular weight excluding hydrogens is 150 g/mol. The number of ketones is 1. The smallest absolute Gasteiger partial charge is 0.175 e. The number of thiol groups is 1. The topological polar surface area (TPSA) is 52.3 Å². The molecule has 2 unspecified atom stereocenters. The van der Waals surface area contributed by atoms with E-state index in [0.717, 1.165) is 6.42 Å². The Morgan fingerprint density at radius 2 is 2.50 bits per heavy atom. The lowest BCUT2D eigenvalue weighted by Gasteiger charge is -2.23. The first-order valence-corrected chi connectivity index (χ1v) is 3.81. The van der Waals surface area contributed by atoms with Crippen LogP contribution in [0, 0.1) is 5.92 Å². The third-order valence-corrected chi connectivity index (χ3v) is 2.08. The molecule has 0 aliphatic carbocycles. The number of rotatable bonds is 1. The Morgan fingerprint density at radius 1 is 1.80 bits per heavy atom. The van der Waals surface area contributed by atoms with E-state index in [1.165, 1.54) is 0 Å². The highest BCUT2D eigenvalue weighted by atomic mass is 32.1. The van der Waals surface area contributed by atoms with Crippen molar-refractivity contribution in [1.82, 2.24) is 0 Å². The minimum Gasteiger partial charge on any atom is -0.360 e. The molecule has 1 heterocycles. The van der Waals surface area contributed by atoms with Gasteiger partial charge in [0.2, 0.25) is 0 Å². The minimum atomic E-state index is -0.540. The van der Waals surface area contributed by atoms with Gasteiger partial charge in [0, 0.05) is 19.1 Å². The molecule has 10 heavy (non-hydrogen) atoms. The maximum Gasteiger partial charge on any atom is 0.175 e. The first kappa shape index (κ1) is 8.04. The molecule has 0 amide bonds. The zero-order valence-corrected chi connectivity index (χ0v) is 6.51. The Hall–Kier alpha value is -0.0600. The van der Waals surface area contributed by atoms with Crippen LogP contribution in [0.25, 0.3) is 0 Å². The third-order valence-electron chi connectivity index (χ3n) is 1.67. The summed E-state index contributed by atoms with van der Waals surface area (Å²) in [6, 6.07) is 0. The number of carbonyl (C=O) groups excluding carboxylic acids is 1. The number of ether oxygens (including phenoxy) is 1. The van der Waals surface area contributed by atoms with Crippen molar-refractivity contribution >= 4 is 18.4 Å². The Morgan fingerprint density at radius 3 is 3.00 bits per heavy atom. The summed E-state index contributed by atoms with van der Waals surface area (Å²) in [5.41, 5.74) is 4.81. The number of Topliss-reactive ketones (excluding diaryl/α,β-unsaturated/α-hetero) is 1. The number of nitrogens with two attached hydrogens (primary N) is 1. The van der Waals surface area contributed by atoms with Gasteiger partial charge < -0.3 is 10.5 Å². The molecule has 0 saturated carbocycles. The average Bonchev–Trinajstić information content (AvgIpc) is 1.95. The molecule has 0 spiro atoms. The fraction of sp³-hybridized carbons (Fsp3) is 0.833. The largest absolute Gasteiger partial charge is 0.360 e. The summed E-state index contributed by atoms with van der Waals surface area (Å²) in [7, 11) is 0. The second kappa shape index (κ2) is 3.37. The van der Waals surface area contributed by atoms with Crippen LogP contribution < -0.4 is 5.73 Å². The van der Waals surface area contributed by atoms with Crippen LogP contribution in [0.3, 0.4) is 0 Å². The molecule has 0 bridgehead atoms. The van der Waals surface area contributed by atoms with Crippen molar-refractivity contribution in [3.05, 3.63) is 0 Å². The van der Waals surface area contributed by atoms with Crippen LogP contribution in [0.5, 0.6) is 0 Å². The predicted molar refractivity (Wildman–Crippen MR) is 40.9 cm³/mol. The Labute approximate surface area is 65.3 Å². The Kier molecular flexibility index (Phi) is 2.71. The van der Waals surface area contributed by atoms with Gasteiger partial charge in [0.25, 0.3) is 0 Å². The van der Waals surface area contributed by atoms with E-state index in [1.807, 2.05) is 0 Å². The zero-order valence-electron chi connectivity index (χ0n) is 5.62. The van der Waals surface area contributed by atoms with Crippen LogP contribution in [0.2, 0.25) is 0 Å². The molecular formula is C6H11NO2S. The lowest BCUT2D eigenvalue weighted by atomic mass is 9.99. The summed E-state index contributed by atoms with van der Waals surface area (Å²) in [6.45, 7) is 1.01. The van der Waals surface area contributed by atoms with Gasteiger partial charge in [-0.3, -0.25) is 4.79 Å². The van der Waals surface area contributed by atoms with Gasteiger partial charge in [0.1, 0.15) is 0 Å². The van der Waals surface area contributed by atoms with Gasteiger partial charge in [0.15, 0.2) is 11.2 Å². The molecule has 1 aliphatic heterocycles. The van der Waals surface area contributed by atoms with Crippen molar-refractivity contribution in [2.75, 3.05) is 13.2 Å². The molecule has 1 fully saturated rings. The lowest BCUT2D eigenvalue weighted by Crippen LogP contribution is -2.37. The Balaban J connectivity index is 2.51. The second-order valence-corrected chi connectivity index (χ2v) is 2.82. The number of hydrogen-bond donors (Lipinski definition) is 2. The molecule has 1 aliphatic rings. The van der Waals surface area contributed by atoms with Gasteiger partial charge in [-0.2, -0.15) is 0 Å². The predicted octanol–water partition coefficient (Wildman–Crippen LogP) is -0.193. The van der Waals surface area contributed by atoms with E-state index < -0.39 is 5.44 Å². The van der Waals surface area contributed by atoms with Crippen LogP contribution >= 0.6 is 12.6 Å². The summed E-state index contributed by atoms with van der Waals surface area (Å²) in [4.78, 5) is 11.1. The van der Waals surface area contributed by atoms with Gasteiger partial charge in [-0.1, -0.05) is 0 Å². The summed E-state index contributed by atoms with van der Waals surface area (Å²) in [5.74, 6) is -0.00617. The van der Waals surface area contributed by atoms with Crippen LogP contribution in [-0.4, -0.2) is 24.4 Å². The standard InChI is InChI=1S/C6H11NO2S/c7-3-4-1-2-9-6(10)5(4)8/h4,6,10H,1-3,7H2. The molecule has 2 atom stereocenters. The van der Waals surface area contributed by atoms with Crippen molar-refractivity contribution in [2.45, 2.75) is 11.9 Å². The van der Waals surface area contributed by atoms with Crippen molar-refractivity contribution in [1.29, 1.82) is 0 Å². The van der Waals surface area contributed by atoms with E-state index in [-0.39, 0.29) is 11.7 Å². The SMILES string of the molecule is NCC1CCOC(S)C1=O. The van der Waals surface area contributed by atoms with Gasteiger partial charge in [-0.05, 0) is 6.42 Å². The fourth-order valence-corrected chi connectivity index (χ4v) is 1.30. The molecule has 4 heteroatoms. The maximum absolute atomic E-state index is 11.1. The van der Waals surface area contributed by atoms with Crippen LogP contribution in [0.15, 0.2) is 0 Å². The Bertz CT molecular complexity index is 140. The summed E-state index contributed by atoms with van der Waals surface area (Å²) in [6.07, 6.45) is 0.742. The van der Waals surface area contributed by atoms with Gasteiger partial charge in [0.05, 0.1) is 0 Å². The molecule has 1 saturated heterocycles. The number of hydrogen-bond acceptors (Lipinski definition) is 4. The van der Waals surface area contributed by atoms with Gasteiger partial charge in [-0.15, -0.1) is 12.6 Å². The molecule has 1 rings (SSSR count). The monoisotopic (exact) mass is 161 g/mol. The van der Waals surface area contributed by atoms with E-state index in [2.05, 4.69) is 12.6 Å². The molecule has 0 aromatic carbocycles. The summed E-state index contributed by atoms with van der Waals surface area (Å²) >= 11 is 3.94. The fourth-order valence-electron chi connectivity index (χ4n) is 0.982. The highest BCUT2D eigenvalue weighted by Gasteiger charge is 2.28. The van der Waals surface area contributed by atoms with Gasteiger partial charge >= 0.3 is 0 Å². The first-order chi connectivity index (χ1) is 4.75.